The van der Waals surface area contributed by atoms with Crippen molar-refractivity contribution in [2.75, 3.05) is 13.7 Å². The zero-order valence-corrected chi connectivity index (χ0v) is 11.5. The molecule has 110 valence electrons. The highest BCUT2D eigenvalue weighted by atomic mass is 16.5. The lowest BCUT2D eigenvalue weighted by atomic mass is 10.2. The summed E-state index contributed by atoms with van der Waals surface area (Å²) in [6.45, 7) is 2.27. The molecule has 0 bridgehead atoms. The summed E-state index contributed by atoms with van der Waals surface area (Å²) in [7, 11) is 1.52. The molecule has 0 unspecified atom stereocenters. The van der Waals surface area contributed by atoms with Gasteiger partial charge in [-0.1, -0.05) is 0 Å². The van der Waals surface area contributed by atoms with E-state index >= 15 is 0 Å². The Bertz CT molecular complexity index is 724. The smallest absolute Gasteiger partial charge is 0.354 e. The van der Waals surface area contributed by atoms with Crippen LogP contribution in [0.25, 0.3) is 11.4 Å². The standard InChI is InChI=1S/C14H14N2O5/c1-3-21-11-6-8(4-5-10(11)20-2)13-15-9(14(18)19)7-12(17)16-13/h4-7H,3H2,1-2H3,(H,18,19)(H,15,16,17). The summed E-state index contributed by atoms with van der Waals surface area (Å²) >= 11 is 0. The van der Waals surface area contributed by atoms with Crippen LogP contribution in [0.3, 0.4) is 0 Å². The summed E-state index contributed by atoms with van der Waals surface area (Å²) < 4.78 is 10.6. The van der Waals surface area contributed by atoms with Crippen molar-refractivity contribution in [3.05, 3.63) is 40.3 Å². The van der Waals surface area contributed by atoms with Crippen molar-refractivity contribution in [3.8, 4) is 22.9 Å². The van der Waals surface area contributed by atoms with Crippen LogP contribution in [-0.4, -0.2) is 34.8 Å². The van der Waals surface area contributed by atoms with Crippen molar-refractivity contribution in [3.63, 3.8) is 0 Å². The highest BCUT2D eigenvalue weighted by molar-refractivity contribution is 5.85. The number of rotatable bonds is 5. The van der Waals surface area contributed by atoms with Crippen LogP contribution in [0.4, 0.5) is 0 Å². The van der Waals surface area contributed by atoms with E-state index in [2.05, 4.69) is 9.97 Å². The third kappa shape index (κ3) is 3.19. The van der Waals surface area contributed by atoms with Gasteiger partial charge in [0.15, 0.2) is 17.2 Å². The van der Waals surface area contributed by atoms with Gasteiger partial charge in [-0.15, -0.1) is 0 Å². The Kier molecular flexibility index (Phi) is 4.22. The number of hydrogen-bond acceptors (Lipinski definition) is 5. The minimum Gasteiger partial charge on any atom is -0.493 e. The fraction of sp³-hybridized carbons (Fsp3) is 0.214. The van der Waals surface area contributed by atoms with Crippen LogP contribution >= 0.6 is 0 Å². The quantitative estimate of drug-likeness (QED) is 0.866. The van der Waals surface area contributed by atoms with Gasteiger partial charge in [-0.2, -0.15) is 0 Å². The largest absolute Gasteiger partial charge is 0.493 e. The third-order valence-corrected chi connectivity index (χ3v) is 2.70. The average molecular weight is 290 g/mol. The minimum absolute atomic E-state index is 0.156. The number of carboxylic acid groups (broad SMARTS) is 1. The molecule has 1 aromatic heterocycles. The Balaban J connectivity index is 2.53. The Morgan fingerprint density at radius 1 is 1.33 bits per heavy atom. The van der Waals surface area contributed by atoms with E-state index in [0.717, 1.165) is 6.07 Å². The van der Waals surface area contributed by atoms with E-state index in [9.17, 15) is 9.59 Å². The molecule has 2 rings (SSSR count). The highest BCUT2D eigenvalue weighted by Crippen LogP contribution is 2.31. The van der Waals surface area contributed by atoms with Gasteiger partial charge in [0.2, 0.25) is 0 Å². The van der Waals surface area contributed by atoms with Gasteiger partial charge in [0.1, 0.15) is 5.82 Å². The molecule has 21 heavy (non-hydrogen) atoms. The number of ether oxygens (including phenoxy) is 2. The van der Waals surface area contributed by atoms with E-state index in [4.69, 9.17) is 14.6 Å². The van der Waals surface area contributed by atoms with Gasteiger partial charge in [-0.05, 0) is 25.1 Å². The first kappa shape index (κ1) is 14.6. The van der Waals surface area contributed by atoms with Crippen LogP contribution in [0.5, 0.6) is 11.5 Å². The number of benzene rings is 1. The molecule has 2 aromatic rings. The summed E-state index contributed by atoms with van der Waals surface area (Å²) in [6.07, 6.45) is 0. The zero-order chi connectivity index (χ0) is 15.4. The lowest BCUT2D eigenvalue weighted by molar-refractivity contribution is 0.0690. The molecular formula is C14H14N2O5. The molecule has 1 heterocycles. The van der Waals surface area contributed by atoms with Gasteiger partial charge in [0.05, 0.1) is 13.7 Å². The molecule has 0 radical (unpaired) electrons. The van der Waals surface area contributed by atoms with Crippen LogP contribution in [0, 0.1) is 0 Å². The van der Waals surface area contributed by atoms with Crippen molar-refractivity contribution in [2.24, 2.45) is 0 Å². The van der Waals surface area contributed by atoms with E-state index < -0.39 is 11.5 Å². The highest BCUT2D eigenvalue weighted by Gasteiger charge is 2.12. The maximum absolute atomic E-state index is 11.5. The van der Waals surface area contributed by atoms with Crippen LogP contribution in [0.1, 0.15) is 17.4 Å². The molecule has 0 fully saturated rings. The number of nitrogens with one attached hydrogen (secondary N) is 1. The van der Waals surface area contributed by atoms with Gasteiger partial charge in [0, 0.05) is 11.6 Å². The number of nitrogens with zero attached hydrogens (tertiary/aromatic N) is 1. The Morgan fingerprint density at radius 3 is 2.71 bits per heavy atom. The number of aromatic carboxylic acids is 1. The van der Waals surface area contributed by atoms with Crippen molar-refractivity contribution in [2.45, 2.75) is 6.92 Å². The monoisotopic (exact) mass is 290 g/mol. The van der Waals surface area contributed by atoms with Gasteiger partial charge in [0.25, 0.3) is 5.56 Å². The number of hydrogen-bond donors (Lipinski definition) is 2. The zero-order valence-electron chi connectivity index (χ0n) is 11.5. The third-order valence-electron chi connectivity index (χ3n) is 2.70. The number of aromatic nitrogens is 2. The number of H-pyrrole nitrogens is 1. The number of carbonyl (C=O) groups is 1. The van der Waals surface area contributed by atoms with Crippen molar-refractivity contribution >= 4 is 5.97 Å². The number of aromatic amines is 1. The molecule has 7 nitrogen and oxygen atoms in total. The first-order valence-corrected chi connectivity index (χ1v) is 6.21. The van der Waals surface area contributed by atoms with Crippen LogP contribution in [0.2, 0.25) is 0 Å². The summed E-state index contributed by atoms with van der Waals surface area (Å²) in [4.78, 5) is 28.9. The van der Waals surface area contributed by atoms with E-state index in [1.807, 2.05) is 6.92 Å². The van der Waals surface area contributed by atoms with Crippen molar-refractivity contribution < 1.29 is 19.4 Å². The van der Waals surface area contributed by atoms with Crippen molar-refractivity contribution in [1.29, 1.82) is 0 Å². The fourth-order valence-corrected chi connectivity index (χ4v) is 1.80. The molecule has 0 aliphatic carbocycles. The van der Waals surface area contributed by atoms with Gasteiger partial charge in [-0.3, -0.25) is 4.79 Å². The second-order valence-corrected chi connectivity index (χ2v) is 4.08. The average Bonchev–Trinajstić information content (AvgIpc) is 2.47. The molecular weight excluding hydrogens is 276 g/mol. The molecule has 0 amide bonds. The van der Waals surface area contributed by atoms with Gasteiger partial charge in [-0.25, -0.2) is 9.78 Å². The molecule has 0 aliphatic heterocycles. The summed E-state index contributed by atoms with van der Waals surface area (Å²) in [5, 5.41) is 8.94. The molecule has 2 N–H and O–H groups in total. The lowest BCUT2D eigenvalue weighted by Gasteiger charge is -2.10. The lowest BCUT2D eigenvalue weighted by Crippen LogP contribution is -2.13. The normalized spacial score (nSPS) is 10.2. The van der Waals surface area contributed by atoms with E-state index in [1.165, 1.54) is 7.11 Å². The molecule has 0 saturated heterocycles. The van der Waals surface area contributed by atoms with E-state index in [0.29, 0.717) is 23.7 Å². The Labute approximate surface area is 120 Å². The van der Waals surface area contributed by atoms with Crippen LogP contribution in [-0.2, 0) is 0 Å². The topological polar surface area (TPSA) is 102 Å². The first-order chi connectivity index (χ1) is 10.0. The maximum atomic E-state index is 11.5. The molecule has 0 aliphatic rings. The molecule has 1 aromatic carbocycles. The first-order valence-electron chi connectivity index (χ1n) is 6.21. The fourth-order valence-electron chi connectivity index (χ4n) is 1.80. The SMILES string of the molecule is CCOc1cc(-c2nc(C(=O)O)cc(=O)[nH]2)ccc1OC. The minimum atomic E-state index is -1.26. The molecule has 0 atom stereocenters. The van der Waals surface area contributed by atoms with Crippen molar-refractivity contribution in [1.82, 2.24) is 9.97 Å². The Morgan fingerprint density at radius 2 is 2.10 bits per heavy atom. The van der Waals surface area contributed by atoms with Crippen LogP contribution in [0.15, 0.2) is 29.1 Å². The van der Waals surface area contributed by atoms with Crippen LogP contribution < -0.4 is 15.0 Å². The maximum Gasteiger partial charge on any atom is 0.354 e. The van der Waals surface area contributed by atoms with Gasteiger partial charge >= 0.3 is 5.97 Å². The van der Waals surface area contributed by atoms with Gasteiger partial charge < -0.3 is 19.6 Å². The number of methoxy groups -OCH3 is 1. The number of carboxylic acids is 1. The molecule has 7 heteroatoms. The summed E-state index contributed by atoms with van der Waals surface area (Å²) in [5.41, 5.74) is -0.326. The predicted octanol–water partition coefficient (Wildman–Crippen LogP) is 1.54. The Hall–Kier alpha value is -2.83. The molecule has 0 spiro atoms. The second-order valence-electron chi connectivity index (χ2n) is 4.08. The second kappa shape index (κ2) is 6.08. The molecule has 0 saturated carbocycles. The predicted molar refractivity (Wildman–Crippen MR) is 75.0 cm³/mol. The van der Waals surface area contributed by atoms with E-state index in [1.54, 1.807) is 18.2 Å². The summed E-state index contributed by atoms with van der Waals surface area (Å²) in [5.74, 6) is -0.0809. The summed E-state index contributed by atoms with van der Waals surface area (Å²) in [6, 6.07) is 5.88. The van der Waals surface area contributed by atoms with E-state index in [-0.39, 0.29) is 11.5 Å².